The highest BCUT2D eigenvalue weighted by atomic mass is 32.2. The summed E-state index contributed by atoms with van der Waals surface area (Å²) >= 11 is 0. The fourth-order valence-electron chi connectivity index (χ4n) is 2.50. The molecule has 0 aliphatic carbocycles. The van der Waals surface area contributed by atoms with Crippen LogP contribution in [0.4, 0.5) is 11.4 Å². The van der Waals surface area contributed by atoms with Crippen LogP contribution in [0, 0.1) is 0 Å². The van der Waals surface area contributed by atoms with Crippen molar-refractivity contribution in [3.63, 3.8) is 0 Å². The fourth-order valence-corrected chi connectivity index (χ4v) is 3.06. The Kier molecular flexibility index (Phi) is 6.69. The van der Waals surface area contributed by atoms with E-state index in [1.807, 2.05) is 12.1 Å². The maximum absolute atomic E-state index is 12.3. The molecule has 0 heterocycles. The molecule has 0 aromatic heterocycles. The van der Waals surface area contributed by atoms with Gasteiger partial charge in [-0.15, -0.1) is 0 Å². The van der Waals surface area contributed by atoms with Crippen molar-refractivity contribution in [3.8, 4) is 0 Å². The summed E-state index contributed by atoms with van der Waals surface area (Å²) < 4.78 is 30.1. The van der Waals surface area contributed by atoms with E-state index in [0.29, 0.717) is 5.69 Å². The Balaban J connectivity index is 2.00. The number of carbonyl (C=O) groups excluding carboxylic acids is 2. The van der Waals surface area contributed by atoms with E-state index in [2.05, 4.69) is 30.8 Å². The van der Waals surface area contributed by atoms with E-state index in [1.165, 1.54) is 31.2 Å². The van der Waals surface area contributed by atoms with Gasteiger partial charge in [0.05, 0.1) is 11.8 Å². The maximum Gasteiger partial charge on any atom is 0.338 e. The van der Waals surface area contributed by atoms with Crippen LogP contribution in [0.25, 0.3) is 0 Å². The molecule has 1 atom stereocenters. The summed E-state index contributed by atoms with van der Waals surface area (Å²) in [4.78, 5) is 24.6. The predicted octanol–water partition coefficient (Wildman–Crippen LogP) is 3.54. The van der Waals surface area contributed by atoms with Crippen molar-refractivity contribution in [2.24, 2.45) is 0 Å². The number of hydrogen-bond donors (Lipinski definition) is 2. The molecule has 2 aromatic rings. The van der Waals surface area contributed by atoms with E-state index in [1.54, 1.807) is 12.1 Å². The van der Waals surface area contributed by atoms with Gasteiger partial charge in [-0.05, 0) is 48.2 Å². The summed E-state index contributed by atoms with van der Waals surface area (Å²) in [5.41, 5.74) is 2.11. The average molecular weight is 419 g/mol. The Morgan fingerprint density at radius 1 is 1.00 bits per heavy atom. The van der Waals surface area contributed by atoms with Crippen LogP contribution in [-0.4, -0.2) is 32.7 Å². The van der Waals surface area contributed by atoms with Crippen LogP contribution in [0.1, 0.15) is 43.6 Å². The zero-order valence-corrected chi connectivity index (χ0v) is 18.0. The minimum Gasteiger partial charge on any atom is -0.449 e. The Morgan fingerprint density at radius 3 is 2.17 bits per heavy atom. The van der Waals surface area contributed by atoms with E-state index >= 15 is 0 Å². The molecular weight excluding hydrogens is 392 g/mol. The Morgan fingerprint density at radius 2 is 1.62 bits per heavy atom. The Labute approximate surface area is 171 Å². The van der Waals surface area contributed by atoms with Gasteiger partial charge in [0.1, 0.15) is 0 Å². The largest absolute Gasteiger partial charge is 0.449 e. The monoisotopic (exact) mass is 418 g/mol. The molecule has 8 heteroatoms. The van der Waals surface area contributed by atoms with Gasteiger partial charge in [0.2, 0.25) is 10.0 Å². The summed E-state index contributed by atoms with van der Waals surface area (Å²) in [6.07, 6.45) is -0.0189. The topological polar surface area (TPSA) is 102 Å². The van der Waals surface area contributed by atoms with Gasteiger partial charge in [-0.3, -0.25) is 9.52 Å². The summed E-state index contributed by atoms with van der Waals surface area (Å²) in [5, 5.41) is 2.71. The normalized spacial score (nSPS) is 12.7. The molecule has 156 valence electrons. The van der Waals surface area contributed by atoms with Crippen molar-refractivity contribution < 1.29 is 22.7 Å². The summed E-state index contributed by atoms with van der Waals surface area (Å²) in [5.74, 6) is -1.19. The van der Waals surface area contributed by atoms with Crippen molar-refractivity contribution in [1.82, 2.24) is 0 Å². The zero-order valence-electron chi connectivity index (χ0n) is 17.1. The number of ether oxygens (including phenoxy) is 1. The average Bonchev–Trinajstić information content (AvgIpc) is 2.60. The van der Waals surface area contributed by atoms with E-state index in [-0.39, 0.29) is 16.7 Å². The van der Waals surface area contributed by atoms with Gasteiger partial charge in [-0.25, -0.2) is 13.2 Å². The molecule has 29 heavy (non-hydrogen) atoms. The molecule has 0 aliphatic heterocycles. The third-order valence-electron chi connectivity index (χ3n) is 4.07. The van der Waals surface area contributed by atoms with E-state index in [4.69, 9.17) is 4.74 Å². The number of hydrogen-bond acceptors (Lipinski definition) is 5. The zero-order chi connectivity index (χ0) is 21.8. The van der Waals surface area contributed by atoms with Crippen LogP contribution in [0.15, 0.2) is 48.5 Å². The molecule has 0 spiro atoms. The second-order valence-corrected chi connectivity index (χ2v) is 9.57. The first kappa shape index (κ1) is 22.4. The minimum absolute atomic E-state index is 0.00582. The molecule has 2 rings (SSSR count). The van der Waals surface area contributed by atoms with Crippen LogP contribution < -0.4 is 10.0 Å². The maximum atomic E-state index is 12.3. The molecule has 1 unspecified atom stereocenters. The molecule has 0 saturated carbocycles. The highest BCUT2D eigenvalue weighted by Gasteiger charge is 2.20. The second-order valence-electron chi connectivity index (χ2n) is 7.82. The van der Waals surface area contributed by atoms with Crippen molar-refractivity contribution in [1.29, 1.82) is 0 Å². The fraction of sp³-hybridized carbons (Fsp3) is 0.333. The highest BCUT2D eigenvalue weighted by molar-refractivity contribution is 7.92. The van der Waals surface area contributed by atoms with Crippen LogP contribution in [0.5, 0.6) is 0 Å². The molecule has 0 bridgehead atoms. The van der Waals surface area contributed by atoms with Crippen molar-refractivity contribution in [2.45, 2.75) is 39.2 Å². The molecule has 1 amide bonds. The first-order valence-electron chi connectivity index (χ1n) is 9.05. The quantitative estimate of drug-likeness (QED) is 0.699. The van der Waals surface area contributed by atoms with Crippen LogP contribution in [0.3, 0.4) is 0 Å². The Hall–Kier alpha value is -2.87. The van der Waals surface area contributed by atoms with Crippen molar-refractivity contribution in [3.05, 3.63) is 59.7 Å². The number of benzene rings is 2. The molecule has 7 nitrogen and oxygen atoms in total. The smallest absolute Gasteiger partial charge is 0.338 e. The van der Waals surface area contributed by atoms with Crippen LogP contribution in [0.2, 0.25) is 0 Å². The lowest BCUT2D eigenvalue weighted by atomic mass is 9.87. The van der Waals surface area contributed by atoms with Gasteiger partial charge in [0, 0.05) is 11.4 Å². The standard InChI is InChI=1S/C21H26N2O5S/c1-14(19(24)22-17-11-9-16(10-12-17)21(2,3)4)28-20(25)15-7-6-8-18(13-15)23-29(5,26)27/h6-14,23H,1-5H3,(H,22,24). The van der Waals surface area contributed by atoms with Crippen molar-refractivity contribution >= 4 is 33.3 Å². The first-order valence-corrected chi connectivity index (χ1v) is 10.9. The van der Waals surface area contributed by atoms with Gasteiger partial charge in [0.15, 0.2) is 6.10 Å². The summed E-state index contributed by atoms with van der Waals surface area (Å²) in [6, 6.07) is 13.3. The predicted molar refractivity (Wildman–Crippen MR) is 114 cm³/mol. The molecule has 0 saturated heterocycles. The number of anilines is 2. The number of carbonyl (C=O) groups is 2. The third-order valence-corrected chi connectivity index (χ3v) is 4.68. The van der Waals surface area contributed by atoms with E-state index in [9.17, 15) is 18.0 Å². The summed E-state index contributed by atoms with van der Waals surface area (Å²) in [7, 11) is -3.47. The molecule has 2 aromatic carbocycles. The van der Waals surface area contributed by atoms with Crippen LogP contribution in [-0.2, 0) is 25.0 Å². The molecular formula is C21H26N2O5S. The lowest BCUT2D eigenvalue weighted by molar-refractivity contribution is -0.123. The lowest BCUT2D eigenvalue weighted by Gasteiger charge is -2.19. The SMILES string of the molecule is CC(OC(=O)c1cccc(NS(C)(=O)=O)c1)C(=O)Nc1ccc(C(C)(C)C)cc1. The van der Waals surface area contributed by atoms with Crippen molar-refractivity contribution in [2.75, 3.05) is 16.3 Å². The first-order chi connectivity index (χ1) is 13.3. The van der Waals surface area contributed by atoms with E-state index in [0.717, 1.165) is 11.8 Å². The second kappa shape index (κ2) is 8.65. The molecule has 2 N–H and O–H groups in total. The molecule has 0 aliphatic rings. The molecule has 0 radical (unpaired) electrons. The number of sulfonamides is 1. The lowest BCUT2D eigenvalue weighted by Crippen LogP contribution is -2.30. The summed E-state index contributed by atoms with van der Waals surface area (Å²) in [6.45, 7) is 7.77. The van der Waals surface area contributed by atoms with Gasteiger partial charge in [-0.1, -0.05) is 39.0 Å². The van der Waals surface area contributed by atoms with Gasteiger partial charge in [-0.2, -0.15) is 0 Å². The number of rotatable bonds is 6. The third kappa shape index (κ3) is 6.90. The number of nitrogens with one attached hydrogen (secondary N) is 2. The highest BCUT2D eigenvalue weighted by Crippen LogP contribution is 2.23. The Bertz CT molecular complexity index is 992. The van der Waals surface area contributed by atoms with Crippen LogP contribution >= 0.6 is 0 Å². The van der Waals surface area contributed by atoms with Gasteiger partial charge >= 0.3 is 5.97 Å². The van der Waals surface area contributed by atoms with Gasteiger partial charge < -0.3 is 10.1 Å². The van der Waals surface area contributed by atoms with E-state index < -0.39 is 28.0 Å². The molecule has 0 fully saturated rings. The van der Waals surface area contributed by atoms with Gasteiger partial charge in [0.25, 0.3) is 5.91 Å². The minimum atomic E-state index is -3.47. The number of esters is 1. The number of amides is 1.